The van der Waals surface area contributed by atoms with Crippen LogP contribution in [0, 0.1) is 5.92 Å². The van der Waals surface area contributed by atoms with E-state index in [9.17, 15) is 9.59 Å². The van der Waals surface area contributed by atoms with Crippen molar-refractivity contribution in [2.45, 2.75) is 20.0 Å². The summed E-state index contributed by atoms with van der Waals surface area (Å²) < 4.78 is 5.52. The molecule has 1 aromatic carbocycles. The van der Waals surface area contributed by atoms with E-state index in [0.717, 1.165) is 0 Å². The number of imide groups is 1. The van der Waals surface area contributed by atoms with Crippen LogP contribution in [0.1, 0.15) is 13.8 Å². The van der Waals surface area contributed by atoms with Crippen LogP contribution in [0.3, 0.4) is 0 Å². The van der Waals surface area contributed by atoms with Crippen LogP contribution in [0.4, 0.5) is 4.79 Å². The van der Waals surface area contributed by atoms with Crippen molar-refractivity contribution in [1.29, 1.82) is 0 Å². The summed E-state index contributed by atoms with van der Waals surface area (Å²) in [6.45, 7) is 3.59. The number of urea groups is 1. The number of para-hydroxylation sites is 1. The van der Waals surface area contributed by atoms with Crippen LogP contribution in [-0.4, -0.2) is 18.0 Å². The number of benzene rings is 1. The van der Waals surface area contributed by atoms with E-state index in [1.165, 1.54) is 0 Å². The number of hydrogen-bond acceptors (Lipinski definition) is 3. The van der Waals surface area contributed by atoms with Crippen LogP contribution in [-0.2, 0) is 4.79 Å². The zero-order valence-electron chi connectivity index (χ0n) is 10.1. The van der Waals surface area contributed by atoms with Gasteiger partial charge in [-0.15, -0.1) is 0 Å². The first-order valence-corrected chi connectivity index (χ1v) is 5.81. The van der Waals surface area contributed by atoms with Crippen LogP contribution in [0.5, 0.6) is 5.75 Å². The fourth-order valence-electron chi connectivity index (χ4n) is 1.36. The molecular weight excluding hydrogens is 256 g/mol. The van der Waals surface area contributed by atoms with Gasteiger partial charge in [-0.1, -0.05) is 37.6 Å². The van der Waals surface area contributed by atoms with Crippen molar-refractivity contribution in [2.24, 2.45) is 11.7 Å². The first kappa shape index (κ1) is 14.3. The molecule has 0 unspecified atom stereocenters. The maximum Gasteiger partial charge on any atom is 0.318 e. The molecule has 1 atom stereocenters. The Balaban J connectivity index is 2.84. The van der Waals surface area contributed by atoms with Crippen molar-refractivity contribution in [3.05, 3.63) is 29.3 Å². The Morgan fingerprint density at radius 3 is 2.44 bits per heavy atom. The quantitative estimate of drug-likeness (QED) is 0.877. The number of halogens is 1. The number of amides is 3. The average Bonchev–Trinajstić information content (AvgIpc) is 2.26. The second-order valence-electron chi connectivity index (χ2n) is 4.07. The van der Waals surface area contributed by atoms with Crippen molar-refractivity contribution in [2.75, 3.05) is 0 Å². The first-order chi connectivity index (χ1) is 8.41. The number of nitrogens with two attached hydrogens (primary N) is 1. The average molecular weight is 271 g/mol. The molecule has 1 rings (SSSR count). The highest BCUT2D eigenvalue weighted by molar-refractivity contribution is 6.32. The lowest BCUT2D eigenvalue weighted by molar-refractivity contribution is -0.128. The third kappa shape index (κ3) is 3.92. The van der Waals surface area contributed by atoms with Gasteiger partial charge in [-0.3, -0.25) is 10.1 Å². The fraction of sp³-hybridized carbons (Fsp3) is 0.333. The minimum absolute atomic E-state index is 0.138. The van der Waals surface area contributed by atoms with Crippen molar-refractivity contribution < 1.29 is 14.3 Å². The molecule has 5 nitrogen and oxygen atoms in total. The molecule has 0 aliphatic heterocycles. The third-order valence-electron chi connectivity index (χ3n) is 2.20. The molecule has 0 bridgehead atoms. The van der Waals surface area contributed by atoms with E-state index in [4.69, 9.17) is 22.1 Å². The van der Waals surface area contributed by atoms with Gasteiger partial charge in [0, 0.05) is 0 Å². The van der Waals surface area contributed by atoms with Crippen LogP contribution >= 0.6 is 11.6 Å². The Labute approximate surface area is 110 Å². The maximum atomic E-state index is 11.7. The molecule has 0 aliphatic carbocycles. The van der Waals surface area contributed by atoms with Gasteiger partial charge in [-0.05, 0) is 18.1 Å². The van der Waals surface area contributed by atoms with Gasteiger partial charge >= 0.3 is 6.03 Å². The monoisotopic (exact) mass is 270 g/mol. The normalized spacial score (nSPS) is 12.0. The highest BCUT2D eigenvalue weighted by Crippen LogP contribution is 2.25. The first-order valence-electron chi connectivity index (χ1n) is 5.43. The lowest BCUT2D eigenvalue weighted by Crippen LogP contribution is -2.46. The number of nitrogens with one attached hydrogen (secondary N) is 1. The molecular formula is C12H15ClN2O3. The van der Waals surface area contributed by atoms with Crippen LogP contribution in [0.25, 0.3) is 0 Å². The number of ether oxygens (including phenoxy) is 1. The summed E-state index contributed by atoms with van der Waals surface area (Å²) >= 11 is 5.94. The molecule has 98 valence electrons. The summed E-state index contributed by atoms with van der Waals surface area (Å²) in [7, 11) is 0. The molecule has 0 spiro atoms. The summed E-state index contributed by atoms with van der Waals surface area (Å²) in [6, 6.07) is 5.89. The maximum absolute atomic E-state index is 11.7. The summed E-state index contributed by atoms with van der Waals surface area (Å²) in [4.78, 5) is 22.4. The van der Waals surface area contributed by atoms with E-state index in [2.05, 4.69) is 0 Å². The standard InChI is InChI=1S/C12H15ClN2O3/c1-7(2)10(11(16)15-12(14)17)18-9-6-4-3-5-8(9)13/h3-7,10H,1-2H3,(H3,14,15,16,17)/t10-/m1/s1. The molecule has 1 aromatic rings. The predicted octanol–water partition coefficient (Wildman–Crippen LogP) is 1.94. The predicted molar refractivity (Wildman–Crippen MR) is 68.4 cm³/mol. The topological polar surface area (TPSA) is 81.4 Å². The number of rotatable bonds is 4. The molecule has 0 fully saturated rings. The van der Waals surface area contributed by atoms with Crippen LogP contribution < -0.4 is 15.8 Å². The summed E-state index contributed by atoms with van der Waals surface area (Å²) in [5.74, 6) is -0.337. The molecule has 0 radical (unpaired) electrons. The number of hydrogen-bond donors (Lipinski definition) is 2. The Kier molecular flexibility index (Phi) is 4.97. The largest absolute Gasteiger partial charge is 0.479 e. The summed E-state index contributed by atoms with van der Waals surface area (Å²) in [5, 5.41) is 2.39. The van der Waals surface area contributed by atoms with Crippen molar-refractivity contribution in [3.8, 4) is 5.75 Å². The van der Waals surface area contributed by atoms with Gasteiger partial charge in [0.05, 0.1) is 5.02 Å². The number of carbonyl (C=O) groups is 2. The zero-order chi connectivity index (χ0) is 13.7. The third-order valence-corrected chi connectivity index (χ3v) is 2.51. The van der Waals surface area contributed by atoms with Crippen molar-refractivity contribution in [1.82, 2.24) is 5.32 Å². The lowest BCUT2D eigenvalue weighted by atomic mass is 10.1. The van der Waals surface area contributed by atoms with E-state index in [0.29, 0.717) is 10.8 Å². The van der Waals surface area contributed by atoms with E-state index >= 15 is 0 Å². The summed E-state index contributed by atoms with van der Waals surface area (Å²) in [6.07, 6.45) is -0.836. The minimum atomic E-state index is -0.909. The molecule has 0 heterocycles. The molecule has 0 saturated heterocycles. The van der Waals surface area contributed by atoms with E-state index in [1.807, 2.05) is 5.32 Å². The van der Waals surface area contributed by atoms with Gasteiger partial charge in [-0.2, -0.15) is 0 Å². The van der Waals surface area contributed by atoms with Gasteiger partial charge in [0.2, 0.25) is 0 Å². The highest BCUT2D eigenvalue weighted by atomic mass is 35.5. The van der Waals surface area contributed by atoms with E-state index in [1.54, 1.807) is 38.1 Å². The zero-order valence-corrected chi connectivity index (χ0v) is 10.9. The van der Waals surface area contributed by atoms with E-state index < -0.39 is 18.0 Å². The highest BCUT2D eigenvalue weighted by Gasteiger charge is 2.25. The van der Waals surface area contributed by atoms with E-state index in [-0.39, 0.29) is 5.92 Å². The Morgan fingerprint density at radius 1 is 1.33 bits per heavy atom. The molecule has 0 saturated carbocycles. The molecule has 6 heteroatoms. The molecule has 0 aliphatic rings. The molecule has 3 N–H and O–H groups in total. The lowest BCUT2D eigenvalue weighted by Gasteiger charge is -2.21. The van der Waals surface area contributed by atoms with Crippen molar-refractivity contribution >= 4 is 23.5 Å². The van der Waals surface area contributed by atoms with Crippen LogP contribution in [0.15, 0.2) is 24.3 Å². The summed E-state index contributed by atoms with van der Waals surface area (Å²) in [5.41, 5.74) is 4.90. The number of primary amides is 1. The smallest absolute Gasteiger partial charge is 0.318 e. The SMILES string of the molecule is CC(C)[C@@H](Oc1ccccc1Cl)C(=O)NC(N)=O. The van der Waals surface area contributed by atoms with Gasteiger partial charge in [-0.25, -0.2) is 4.79 Å². The van der Waals surface area contributed by atoms with Gasteiger partial charge in [0.1, 0.15) is 5.75 Å². The molecule has 18 heavy (non-hydrogen) atoms. The molecule has 3 amide bonds. The minimum Gasteiger partial charge on any atom is -0.479 e. The fourth-order valence-corrected chi connectivity index (χ4v) is 1.54. The molecule has 0 aromatic heterocycles. The van der Waals surface area contributed by atoms with Gasteiger partial charge in [0.25, 0.3) is 5.91 Å². The Morgan fingerprint density at radius 2 is 1.94 bits per heavy atom. The Bertz CT molecular complexity index is 449. The van der Waals surface area contributed by atoms with Gasteiger partial charge < -0.3 is 10.5 Å². The number of carbonyl (C=O) groups excluding carboxylic acids is 2. The Hall–Kier alpha value is -1.75. The van der Waals surface area contributed by atoms with Crippen LogP contribution in [0.2, 0.25) is 5.02 Å². The van der Waals surface area contributed by atoms with Crippen molar-refractivity contribution in [3.63, 3.8) is 0 Å². The second-order valence-corrected chi connectivity index (χ2v) is 4.47. The van der Waals surface area contributed by atoms with Gasteiger partial charge in [0.15, 0.2) is 6.10 Å². The second kappa shape index (κ2) is 6.26.